The number of amides is 1. The average Bonchev–Trinajstić information content (AvgIpc) is 3.50. The molecule has 3 aromatic heterocycles. The molecule has 1 aliphatic carbocycles. The van der Waals surface area contributed by atoms with E-state index in [-0.39, 0.29) is 11.7 Å². The molecule has 0 fully saturated rings. The van der Waals surface area contributed by atoms with E-state index in [1.165, 1.54) is 52.6 Å². The van der Waals surface area contributed by atoms with Gasteiger partial charge in [-0.3, -0.25) is 4.79 Å². The van der Waals surface area contributed by atoms with Gasteiger partial charge >= 0.3 is 5.97 Å². The fraction of sp³-hybridized carbons (Fsp3) is 0.455. The van der Waals surface area contributed by atoms with Crippen molar-refractivity contribution in [3.8, 4) is 11.4 Å². The van der Waals surface area contributed by atoms with Gasteiger partial charge in [-0.2, -0.15) is 0 Å². The minimum atomic E-state index is -0.463. The number of carbonyl (C=O) groups is 2. The van der Waals surface area contributed by atoms with Gasteiger partial charge in [-0.1, -0.05) is 25.6 Å². The molecule has 10 heteroatoms. The first kappa shape index (κ1) is 23.0. The number of esters is 1. The second kappa shape index (κ2) is 10.2. The molecule has 4 rings (SSSR count). The number of carbonyl (C=O) groups excluding carboxylic acids is 2. The van der Waals surface area contributed by atoms with E-state index in [0.717, 1.165) is 42.7 Å². The molecule has 0 aromatic carbocycles. The number of methoxy groups -OCH3 is 1. The summed E-state index contributed by atoms with van der Waals surface area (Å²) in [5, 5.41) is 16.9. The second-order valence-electron chi connectivity index (χ2n) is 7.85. The zero-order chi connectivity index (χ0) is 22.7. The monoisotopic (exact) mass is 490 g/mol. The molecular weight excluding hydrogens is 464 g/mol. The summed E-state index contributed by atoms with van der Waals surface area (Å²) in [4.78, 5) is 25.8. The number of fused-ring (bicyclic) bond motifs is 1. The summed E-state index contributed by atoms with van der Waals surface area (Å²) in [6, 6.07) is 1.64. The molecule has 0 aliphatic heterocycles. The Morgan fingerprint density at radius 3 is 2.97 bits per heavy atom. The standard InChI is InChI=1S/C22H26N4O3S3/c1-4-8-26-19(16-11-31-17-10-13(2)5-6-14(16)17)24-25-22(26)32-12-18(27)23-20-15(7-9-30-20)21(28)29-3/h7,9,11,13H,4-6,8,10,12H2,1-3H3,(H,23,27). The Kier molecular flexibility index (Phi) is 7.32. The number of thioether (sulfide) groups is 1. The maximum absolute atomic E-state index is 12.5. The third kappa shape index (κ3) is 4.77. The zero-order valence-corrected chi connectivity index (χ0v) is 20.8. The van der Waals surface area contributed by atoms with Gasteiger partial charge in [0.05, 0.1) is 18.4 Å². The van der Waals surface area contributed by atoms with Gasteiger partial charge in [-0.15, -0.1) is 32.9 Å². The van der Waals surface area contributed by atoms with Gasteiger partial charge < -0.3 is 14.6 Å². The Bertz CT molecular complexity index is 1120. The number of hydrogen-bond acceptors (Lipinski definition) is 8. The highest BCUT2D eigenvalue weighted by atomic mass is 32.2. The third-order valence-electron chi connectivity index (χ3n) is 5.46. The Hall–Kier alpha value is -2.17. The van der Waals surface area contributed by atoms with Crippen LogP contribution in [0.15, 0.2) is 22.0 Å². The number of nitrogens with zero attached hydrogens (tertiary/aromatic N) is 3. The predicted octanol–water partition coefficient (Wildman–Crippen LogP) is 5.12. The first-order valence-electron chi connectivity index (χ1n) is 10.6. The van der Waals surface area contributed by atoms with Crippen LogP contribution in [0.1, 0.15) is 47.5 Å². The molecule has 32 heavy (non-hydrogen) atoms. The van der Waals surface area contributed by atoms with E-state index in [1.807, 2.05) is 11.3 Å². The van der Waals surface area contributed by atoms with Crippen molar-refractivity contribution in [1.82, 2.24) is 14.8 Å². The Morgan fingerprint density at radius 1 is 1.34 bits per heavy atom. The van der Waals surface area contributed by atoms with Crippen molar-refractivity contribution in [2.75, 3.05) is 18.2 Å². The predicted molar refractivity (Wildman–Crippen MR) is 130 cm³/mol. The van der Waals surface area contributed by atoms with Gasteiger partial charge in [-0.05, 0) is 48.6 Å². The van der Waals surface area contributed by atoms with E-state index >= 15 is 0 Å². The van der Waals surface area contributed by atoms with Crippen LogP contribution >= 0.6 is 34.4 Å². The van der Waals surface area contributed by atoms with Crippen molar-refractivity contribution in [1.29, 1.82) is 0 Å². The van der Waals surface area contributed by atoms with Crippen LogP contribution < -0.4 is 5.32 Å². The summed E-state index contributed by atoms with van der Waals surface area (Å²) in [7, 11) is 1.32. The minimum Gasteiger partial charge on any atom is -0.465 e. The Morgan fingerprint density at radius 2 is 2.19 bits per heavy atom. The number of anilines is 1. The van der Waals surface area contributed by atoms with Crippen LogP contribution in [0.4, 0.5) is 5.00 Å². The van der Waals surface area contributed by atoms with Crippen molar-refractivity contribution in [2.45, 2.75) is 51.2 Å². The number of aromatic nitrogens is 3. The van der Waals surface area contributed by atoms with Crippen molar-refractivity contribution in [3.05, 3.63) is 32.8 Å². The molecule has 1 amide bonds. The molecule has 0 spiro atoms. The summed E-state index contributed by atoms with van der Waals surface area (Å²) in [6.45, 7) is 5.23. The maximum Gasteiger partial charge on any atom is 0.340 e. The number of rotatable bonds is 8. The van der Waals surface area contributed by atoms with Crippen LogP contribution in [0.5, 0.6) is 0 Å². The highest BCUT2D eigenvalue weighted by Gasteiger charge is 2.24. The molecule has 0 bridgehead atoms. The molecule has 170 valence electrons. The average molecular weight is 491 g/mol. The molecule has 0 saturated carbocycles. The summed E-state index contributed by atoms with van der Waals surface area (Å²) in [5.41, 5.74) is 2.97. The molecule has 3 aromatic rings. The maximum atomic E-state index is 12.5. The summed E-state index contributed by atoms with van der Waals surface area (Å²) < 4.78 is 6.89. The fourth-order valence-electron chi connectivity index (χ4n) is 3.85. The van der Waals surface area contributed by atoms with E-state index in [0.29, 0.717) is 10.6 Å². The largest absolute Gasteiger partial charge is 0.465 e. The number of ether oxygens (including phenoxy) is 1. The normalized spacial score (nSPS) is 15.4. The smallest absolute Gasteiger partial charge is 0.340 e. The quantitative estimate of drug-likeness (QED) is 0.348. The lowest BCUT2D eigenvalue weighted by molar-refractivity contribution is -0.113. The van der Waals surface area contributed by atoms with E-state index < -0.39 is 5.97 Å². The molecule has 1 N–H and O–H groups in total. The molecule has 1 aliphatic rings. The lowest BCUT2D eigenvalue weighted by atomic mass is 9.88. The van der Waals surface area contributed by atoms with E-state index in [1.54, 1.807) is 11.4 Å². The van der Waals surface area contributed by atoms with Gasteiger partial charge in [0.15, 0.2) is 11.0 Å². The second-order valence-corrected chi connectivity index (χ2v) is 10.7. The molecule has 7 nitrogen and oxygen atoms in total. The van der Waals surface area contributed by atoms with Gasteiger partial charge in [0, 0.05) is 22.4 Å². The van der Waals surface area contributed by atoms with Crippen molar-refractivity contribution < 1.29 is 14.3 Å². The van der Waals surface area contributed by atoms with Crippen LogP contribution in [0.2, 0.25) is 0 Å². The Labute approximate surface area is 199 Å². The zero-order valence-electron chi connectivity index (χ0n) is 18.3. The van der Waals surface area contributed by atoms with E-state index in [4.69, 9.17) is 4.74 Å². The molecule has 3 heterocycles. The summed E-state index contributed by atoms with van der Waals surface area (Å²) >= 11 is 4.48. The third-order valence-corrected chi connectivity index (χ3v) is 8.31. The first-order valence-corrected chi connectivity index (χ1v) is 13.4. The SMILES string of the molecule is CCCn1c(SCC(=O)Nc2sccc2C(=O)OC)nnc1-c1csc2c1CCC(C)C2. The van der Waals surface area contributed by atoms with Crippen molar-refractivity contribution in [3.63, 3.8) is 0 Å². The molecule has 1 unspecified atom stereocenters. The van der Waals surface area contributed by atoms with Gasteiger partial charge in [-0.25, -0.2) is 4.79 Å². The first-order chi connectivity index (χ1) is 15.5. The minimum absolute atomic E-state index is 0.180. The van der Waals surface area contributed by atoms with Crippen LogP contribution in [0.3, 0.4) is 0 Å². The number of thiophene rings is 2. The fourth-order valence-corrected chi connectivity index (χ4v) is 6.65. The number of hydrogen-bond donors (Lipinski definition) is 1. The van der Waals surface area contributed by atoms with Gasteiger partial charge in [0.25, 0.3) is 0 Å². The van der Waals surface area contributed by atoms with Crippen LogP contribution in [-0.4, -0.2) is 39.5 Å². The molecule has 0 saturated heterocycles. The number of nitrogens with one attached hydrogen (secondary N) is 1. The lowest BCUT2D eigenvalue weighted by Gasteiger charge is -2.19. The topological polar surface area (TPSA) is 86.1 Å². The molecule has 1 atom stereocenters. The highest BCUT2D eigenvalue weighted by Crippen LogP contribution is 2.38. The summed E-state index contributed by atoms with van der Waals surface area (Å²) in [5.74, 6) is 1.15. The molecular formula is C22H26N4O3S3. The van der Waals surface area contributed by atoms with Crippen molar-refractivity contribution in [2.24, 2.45) is 5.92 Å². The highest BCUT2D eigenvalue weighted by molar-refractivity contribution is 7.99. The van der Waals surface area contributed by atoms with Crippen molar-refractivity contribution >= 4 is 51.3 Å². The van der Waals surface area contributed by atoms with Crippen LogP contribution in [0.25, 0.3) is 11.4 Å². The summed E-state index contributed by atoms with van der Waals surface area (Å²) in [6.07, 6.45) is 4.38. The van der Waals surface area contributed by atoms with Gasteiger partial charge in [0.2, 0.25) is 5.91 Å². The van der Waals surface area contributed by atoms with E-state index in [9.17, 15) is 9.59 Å². The molecule has 0 radical (unpaired) electrons. The van der Waals surface area contributed by atoms with Crippen LogP contribution in [0, 0.1) is 5.92 Å². The Balaban J connectivity index is 1.48. The lowest BCUT2D eigenvalue weighted by Crippen LogP contribution is -2.16. The van der Waals surface area contributed by atoms with Gasteiger partial charge in [0.1, 0.15) is 5.00 Å². The van der Waals surface area contributed by atoms with E-state index in [2.05, 4.69) is 39.3 Å². The van der Waals surface area contributed by atoms with Crippen LogP contribution in [-0.2, 0) is 28.9 Å².